The molecule has 6 heteroatoms. The lowest BCUT2D eigenvalue weighted by molar-refractivity contribution is -0.141. The highest BCUT2D eigenvalue weighted by atomic mass is 35.5. The van der Waals surface area contributed by atoms with Crippen molar-refractivity contribution in [2.45, 2.75) is 37.6 Å². The summed E-state index contributed by atoms with van der Waals surface area (Å²) in [5.74, 6) is -0.744. The average Bonchev–Trinajstić information content (AvgIpc) is 3.36. The van der Waals surface area contributed by atoms with E-state index >= 15 is 0 Å². The smallest absolute Gasteiger partial charge is 0.305 e. The van der Waals surface area contributed by atoms with Crippen molar-refractivity contribution in [2.75, 3.05) is 19.8 Å². The molecule has 2 atom stereocenters. The summed E-state index contributed by atoms with van der Waals surface area (Å²) in [5, 5.41) is 9.68. The van der Waals surface area contributed by atoms with Crippen molar-refractivity contribution in [1.29, 1.82) is 0 Å². The van der Waals surface area contributed by atoms with Gasteiger partial charge in [-0.2, -0.15) is 0 Å². The van der Waals surface area contributed by atoms with Crippen LogP contribution in [0.5, 0.6) is 0 Å². The minimum atomic E-state index is -0.877. The molecule has 24 heavy (non-hydrogen) atoms. The van der Waals surface area contributed by atoms with Crippen LogP contribution in [0.2, 0.25) is 5.02 Å². The normalized spacial score (nSPS) is 23.7. The number of amides is 1. The lowest BCUT2D eigenvalue weighted by atomic mass is 10.0. The molecule has 1 aliphatic carbocycles. The van der Waals surface area contributed by atoms with Gasteiger partial charge in [-0.15, -0.1) is 0 Å². The van der Waals surface area contributed by atoms with Crippen molar-refractivity contribution < 1.29 is 19.4 Å². The molecule has 1 aliphatic heterocycles. The maximum atomic E-state index is 13.0. The van der Waals surface area contributed by atoms with Gasteiger partial charge >= 0.3 is 5.97 Å². The van der Waals surface area contributed by atoms with Crippen LogP contribution in [0.4, 0.5) is 0 Å². The first-order valence-electron chi connectivity index (χ1n) is 8.42. The van der Waals surface area contributed by atoms with Gasteiger partial charge in [0.1, 0.15) is 0 Å². The van der Waals surface area contributed by atoms with E-state index in [0.29, 0.717) is 18.2 Å². The summed E-state index contributed by atoms with van der Waals surface area (Å²) in [7, 11) is 0. The standard InChI is InChI=1S/C18H22ClNO4/c19-16-4-2-1-3-13(16)14-11-15(14)18(23)20(8-5-17(21)22)12-6-9-24-10-7-12/h1-4,12,14-15H,5-11H2,(H,21,22)/t14-,15-/m0/s1. The van der Waals surface area contributed by atoms with Crippen molar-refractivity contribution in [2.24, 2.45) is 5.92 Å². The van der Waals surface area contributed by atoms with Crippen LogP contribution < -0.4 is 0 Å². The van der Waals surface area contributed by atoms with Crippen LogP contribution in [-0.4, -0.2) is 47.7 Å². The number of carbonyl (C=O) groups excluding carboxylic acids is 1. The summed E-state index contributed by atoms with van der Waals surface area (Å²) in [6.45, 7) is 1.52. The van der Waals surface area contributed by atoms with E-state index in [9.17, 15) is 9.59 Å². The largest absolute Gasteiger partial charge is 0.481 e. The first-order valence-corrected chi connectivity index (χ1v) is 8.80. The van der Waals surface area contributed by atoms with Gasteiger partial charge in [0.05, 0.1) is 6.42 Å². The predicted molar refractivity (Wildman–Crippen MR) is 90.1 cm³/mol. The second-order valence-electron chi connectivity index (χ2n) is 6.49. The number of aliphatic carboxylic acids is 1. The van der Waals surface area contributed by atoms with Crippen LogP contribution in [0.25, 0.3) is 0 Å². The van der Waals surface area contributed by atoms with E-state index < -0.39 is 5.97 Å². The Bertz CT molecular complexity index is 615. The highest BCUT2D eigenvalue weighted by Gasteiger charge is 2.47. The zero-order chi connectivity index (χ0) is 17.1. The molecule has 2 fully saturated rings. The molecule has 2 aliphatic rings. The predicted octanol–water partition coefficient (Wildman–Crippen LogP) is 2.93. The molecular weight excluding hydrogens is 330 g/mol. The molecule has 0 aromatic heterocycles. The van der Waals surface area contributed by atoms with Gasteiger partial charge in [-0.05, 0) is 36.8 Å². The Morgan fingerprint density at radius 2 is 1.96 bits per heavy atom. The molecule has 0 unspecified atom stereocenters. The third-order valence-corrected chi connectivity index (χ3v) is 5.24. The zero-order valence-electron chi connectivity index (χ0n) is 13.5. The number of hydrogen-bond acceptors (Lipinski definition) is 3. The number of carbonyl (C=O) groups is 2. The Hall–Kier alpha value is -1.59. The van der Waals surface area contributed by atoms with Crippen LogP contribution in [-0.2, 0) is 14.3 Å². The second kappa shape index (κ2) is 7.53. The minimum absolute atomic E-state index is 0.0213. The van der Waals surface area contributed by atoms with Crippen LogP contribution in [0, 0.1) is 5.92 Å². The fourth-order valence-corrected chi connectivity index (χ4v) is 3.76. The van der Waals surface area contributed by atoms with Gasteiger partial charge in [0.2, 0.25) is 5.91 Å². The molecule has 0 radical (unpaired) electrons. The zero-order valence-corrected chi connectivity index (χ0v) is 14.2. The van der Waals surface area contributed by atoms with Crippen molar-refractivity contribution in [3.63, 3.8) is 0 Å². The Morgan fingerprint density at radius 1 is 1.25 bits per heavy atom. The van der Waals surface area contributed by atoms with Gasteiger partial charge in [-0.25, -0.2) is 0 Å². The summed E-state index contributed by atoms with van der Waals surface area (Å²) in [5.41, 5.74) is 1.02. The number of nitrogens with zero attached hydrogens (tertiary/aromatic N) is 1. The molecule has 1 aromatic carbocycles. The summed E-state index contributed by atoms with van der Waals surface area (Å²) >= 11 is 6.24. The third-order valence-electron chi connectivity index (χ3n) is 4.89. The first-order chi connectivity index (χ1) is 11.6. The van der Waals surface area contributed by atoms with Crippen LogP contribution in [0.15, 0.2) is 24.3 Å². The van der Waals surface area contributed by atoms with E-state index in [1.54, 1.807) is 4.90 Å². The van der Waals surface area contributed by atoms with Gasteiger partial charge in [0.15, 0.2) is 0 Å². The topological polar surface area (TPSA) is 66.8 Å². The second-order valence-corrected chi connectivity index (χ2v) is 6.90. The number of halogens is 1. The fourth-order valence-electron chi connectivity index (χ4n) is 3.49. The average molecular weight is 352 g/mol. The number of carboxylic acid groups (broad SMARTS) is 1. The third kappa shape index (κ3) is 3.90. The van der Waals surface area contributed by atoms with Crippen molar-refractivity contribution in [3.8, 4) is 0 Å². The monoisotopic (exact) mass is 351 g/mol. The minimum Gasteiger partial charge on any atom is -0.481 e. The number of rotatable bonds is 6. The summed E-state index contributed by atoms with van der Waals surface area (Å²) in [6, 6.07) is 7.71. The Balaban J connectivity index is 1.69. The molecule has 5 nitrogen and oxygen atoms in total. The molecule has 0 bridgehead atoms. The summed E-state index contributed by atoms with van der Waals surface area (Å²) in [6.07, 6.45) is 2.31. The van der Waals surface area contributed by atoms with Crippen LogP contribution in [0.1, 0.15) is 37.2 Å². The maximum absolute atomic E-state index is 13.0. The van der Waals surface area contributed by atoms with Gasteiger partial charge in [-0.1, -0.05) is 29.8 Å². The molecule has 130 valence electrons. The van der Waals surface area contributed by atoms with Crippen molar-refractivity contribution >= 4 is 23.5 Å². The van der Waals surface area contributed by atoms with Crippen molar-refractivity contribution in [1.82, 2.24) is 4.90 Å². The summed E-state index contributed by atoms with van der Waals surface area (Å²) < 4.78 is 5.37. The molecule has 1 heterocycles. The van der Waals surface area contributed by atoms with E-state index in [1.165, 1.54) is 0 Å². The number of benzene rings is 1. The van der Waals surface area contributed by atoms with Gasteiger partial charge in [0, 0.05) is 36.7 Å². The van der Waals surface area contributed by atoms with Crippen molar-refractivity contribution in [3.05, 3.63) is 34.9 Å². The molecule has 1 saturated heterocycles. The van der Waals surface area contributed by atoms with E-state index in [2.05, 4.69) is 0 Å². The molecule has 1 saturated carbocycles. The van der Waals surface area contributed by atoms with Crippen LogP contribution >= 0.6 is 11.6 Å². The fraction of sp³-hybridized carbons (Fsp3) is 0.556. The molecule has 1 amide bonds. The SMILES string of the molecule is O=C(O)CCN(C(=O)[C@H]1C[C@H]1c1ccccc1Cl)C1CCOCC1. The Labute approximate surface area is 146 Å². The number of carboxylic acids is 1. The molecule has 1 aromatic rings. The van der Waals surface area contributed by atoms with E-state index in [4.69, 9.17) is 21.4 Å². The first kappa shape index (κ1) is 17.2. The highest BCUT2D eigenvalue weighted by Crippen LogP contribution is 2.50. The molecule has 3 rings (SSSR count). The van der Waals surface area contributed by atoms with E-state index in [0.717, 1.165) is 24.8 Å². The lowest BCUT2D eigenvalue weighted by Crippen LogP contribution is -2.45. The lowest BCUT2D eigenvalue weighted by Gasteiger charge is -2.34. The van der Waals surface area contributed by atoms with E-state index in [1.807, 2.05) is 24.3 Å². The van der Waals surface area contributed by atoms with Gasteiger partial charge < -0.3 is 14.7 Å². The van der Waals surface area contributed by atoms with Gasteiger partial charge in [-0.3, -0.25) is 9.59 Å². The quantitative estimate of drug-likeness (QED) is 0.855. The Kier molecular flexibility index (Phi) is 5.41. The Morgan fingerprint density at radius 3 is 2.62 bits per heavy atom. The number of hydrogen-bond donors (Lipinski definition) is 1. The number of ether oxygens (including phenoxy) is 1. The maximum Gasteiger partial charge on any atom is 0.305 e. The van der Waals surface area contributed by atoms with E-state index in [-0.39, 0.29) is 36.8 Å². The molecular formula is C18H22ClNO4. The molecule has 1 N–H and O–H groups in total. The van der Waals surface area contributed by atoms with Gasteiger partial charge in [0.25, 0.3) is 0 Å². The summed E-state index contributed by atoms with van der Waals surface area (Å²) in [4.78, 5) is 25.7. The highest BCUT2D eigenvalue weighted by molar-refractivity contribution is 6.31. The van der Waals surface area contributed by atoms with Crippen LogP contribution in [0.3, 0.4) is 0 Å². The molecule has 0 spiro atoms.